The quantitative estimate of drug-likeness (QED) is 0.619. The average Bonchev–Trinajstić information content (AvgIpc) is 3.49. The van der Waals surface area contributed by atoms with Crippen LogP contribution in [-0.2, 0) is 11.8 Å². The van der Waals surface area contributed by atoms with Gasteiger partial charge in [0.15, 0.2) is 5.58 Å². The van der Waals surface area contributed by atoms with Gasteiger partial charge in [0.1, 0.15) is 11.8 Å². The molecule has 3 fully saturated rings. The highest BCUT2D eigenvalue weighted by Crippen LogP contribution is 2.28. The van der Waals surface area contributed by atoms with Gasteiger partial charge >= 0.3 is 0 Å². The third kappa shape index (κ3) is 3.88. The van der Waals surface area contributed by atoms with Gasteiger partial charge in [0, 0.05) is 57.2 Å². The largest absolute Gasteiger partial charge is 0.436 e. The summed E-state index contributed by atoms with van der Waals surface area (Å²) >= 11 is 0. The second kappa shape index (κ2) is 8.56. The molecule has 3 aliphatic rings. The van der Waals surface area contributed by atoms with Gasteiger partial charge in [-0.3, -0.25) is 19.8 Å². The molecule has 0 radical (unpaired) electrons. The SMILES string of the molecule is Cn1ccc(-c2nc3ccc(C(=O)N4CCN(C5NC(=O)C6CCCCC6N5)CC4)cc3o2)c1. The van der Waals surface area contributed by atoms with Crippen molar-refractivity contribution in [3.8, 4) is 11.5 Å². The van der Waals surface area contributed by atoms with E-state index in [0.717, 1.165) is 30.3 Å². The third-order valence-electron chi connectivity index (χ3n) is 7.43. The Morgan fingerprint density at radius 2 is 1.94 bits per heavy atom. The monoisotopic (exact) mass is 462 g/mol. The fraction of sp³-hybridized carbons (Fsp3) is 0.480. The van der Waals surface area contributed by atoms with Gasteiger partial charge in [0.25, 0.3) is 5.91 Å². The molecular weight excluding hydrogens is 432 g/mol. The molecule has 9 heteroatoms. The molecule has 3 unspecified atom stereocenters. The normalized spacial score (nSPS) is 25.9. The number of nitrogens with one attached hydrogen (secondary N) is 2. The minimum atomic E-state index is -0.147. The minimum Gasteiger partial charge on any atom is -0.436 e. The number of nitrogens with zero attached hydrogens (tertiary/aromatic N) is 4. The first-order chi connectivity index (χ1) is 16.5. The van der Waals surface area contributed by atoms with E-state index in [-0.39, 0.29) is 30.1 Å². The van der Waals surface area contributed by atoms with Gasteiger partial charge in [-0.2, -0.15) is 0 Å². The molecule has 34 heavy (non-hydrogen) atoms. The average molecular weight is 463 g/mol. The Morgan fingerprint density at radius 3 is 2.74 bits per heavy atom. The maximum Gasteiger partial charge on any atom is 0.254 e. The number of oxazole rings is 1. The van der Waals surface area contributed by atoms with Crippen molar-refractivity contribution in [1.82, 2.24) is 30.0 Å². The molecule has 1 aromatic carbocycles. The molecule has 9 nitrogen and oxygen atoms in total. The van der Waals surface area contributed by atoms with E-state index >= 15 is 0 Å². The number of hydrogen-bond acceptors (Lipinski definition) is 6. The summed E-state index contributed by atoms with van der Waals surface area (Å²) in [5.74, 6) is 0.812. The van der Waals surface area contributed by atoms with Gasteiger partial charge in [-0.15, -0.1) is 0 Å². The van der Waals surface area contributed by atoms with E-state index in [9.17, 15) is 9.59 Å². The fourth-order valence-electron chi connectivity index (χ4n) is 5.50. The highest BCUT2D eigenvalue weighted by molar-refractivity contribution is 5.97. The zero-order valence-corrected chi connectivity index (χ0v) is 19.4. The second-order valence-corrected chi connectivity index (χ2v) is 9.67. The fourth-order valence-corrected chi connectivity index (χ4v) is 5.50. The Kier molecular flexibility index (Phi) is 5.38. The van der Waals surface area contributed by atoms with Gasteiger partial charge in [0.2, 0.25) is 11.8 Å². The molecule has 6 rings (SSSR count). The van der Waals surface area contributed by atoms with Gasteiger partial charge in [-0.05, 0) is 37.1 Å². The molecule has 178 valence electrons. The smallest absolute Gasteiger partial charge is 0.254 e. The van der Waals surface area contributed by atoms with E-state index in [0.29, 0.717) is 43.2 Å². The van der Waals surface area contributed by atoms with Crippen molar-refractivity contribution in [1.29, 1.82) is 0 Å². The van der Waals surface area contributed by atoms with Crippen LogP contribution in [0, 0.1) is 5.92 Å². The van der Waals surface area contributed by atoms with E-state index in [2.05, 4.69) is 20.5 Å². The van der Waals surface area contributed by atoms with E-state index in [4.69, 9.17) is 4.42 Å². The van der Waals surface area contributed by atoms with Crippen LogP contribution < -0.4 is 10.6 Å². The van der Waals surface area contributed by atoms with Crippen molar-refractivity contribution in [3.63, 3.8) is 0 Å². The summed E-state index contributed by atoms with van der Waals surface area (Å²) < 4.78 is 7.89. The molecular formula is C25H30N6O3. The highest BCUT2D eigenvalue weighted by Gasteiger charge is 2.40. The summed E-state index contributed by atoms with van der Waals surface area (Å²) in [7, 11) is 1.95. The molecule has 2 amide bonds. The molecule has 1 aliphatic carbocycles. The van der Waals surface area contributed by atoms with Crippen molar-refractivity contribution in [2.24, 2.45) is 13.0 Å². The number of carbonyl (C=O) groups is 2. The first-order valence-corrected chi connectivity index (χ1v) is 12.2. The van der Waals surface area contributed by atoms with E-state index in [1.807, 2.05) is 47.1 Å². The van der Waals surface area contributed by atoms with Crippen LogP contribution in [-0.4, -0.2) is 69.7 Å². The van der Waals surface area contributed by atoms with Gasteiger partial charge in [-0.25, -0.2) is 4.98 Å². The number of aromatic nitrogens is 2. The number of rotatable bonds is 3. The van der Waals surface area contributed by atoms with E-state index < -0.39 is 0 Å². The Bertz CT molecular complexity index is 1220. The molecule has 2 aliphatic heterocycles. The standard InChI is InChI=1S/C25H30N6O3/c1-29-9-8-17(15-29)23-26-20-7-6-16(14-21(20)34-23)24(33)30-10-12-31(13-11-30)25-27-19-5-3-2-4-18(19)22(32)28-25/h6-9,14-15,18-19,25,27H,2-5,10-13H2,1H3,(H,28,32). The highest BCUT2D eigenvalue weighted by atomic mass is 16.3. The number of hydrogen-bond donors (Lipinski definition) is 2. The minimum absolute atomic E-state index is 0.00723. The summed E-state index contributed by atoms with van der Waals surface area (Å²) in [6.07, 6.45) is 8.10. The second-order valence-electron chi connectivity index (χ2n) is 9.67. The predicted molar refractivity (Wildman–Crippen MR) is 127 cm³/mol. The lowest BCUT2D eigenvalue weighted by Crippen LogP contribution is -2.69. The lowest BCUT2D eigenvalue weighted by atomic mass is 9.82. The molecule has 2 aromatic heterocycles. The Hall–Kier alpha value is -3.17. The Morgan fingerprint density at radius 1 is 1.12 bits per heavy atom. The summed E-state index contributed by atoms with van der Waals surface area (Å²) in [5.41, 5.74) is 2.86. The molecule has 2 saturated heterocycles. The number of carbonyl (C=O) groups excluding carboxylic acids is 2. The zero-order valence-electron chi connectivity index (χ0n) is 19.4. The lowest BCUT2D eigenvalue weighted by Gasteiger charge is -2.46. The number of aryl methyl sites for hydroxylation is 1. The molecule has 0 bridgehead atoms. The molecule has 0 spiro atoms. The molecule has 4 heterocycles. The maximum absolute atomic E-state index is 13.2. The topological polar surface area (TPSA) is 95.6 Å². The van der Waals surface area contributed by atoms with E-state index in [1.54, 1.807) is 6.07 Å². The predicted octanol–water partition coefficient (Wildman–Crippen LogP) is 2.15. The van der Waals surface area contributed by atoms with Gasteiger partial charge in [-0.1, -0.05) is 12.8 Å². The Balaban J connectivity index is 1.11. The van der Waals surface area contributed by atoms with Crippen molar-refractivity contribution in [3.05, 3.63) is 42.2 Å². The summed E-state index contributed by atoms with van der Waals surface area (Å²) in [6, 6.07) is 7.67. The first kappa shape index (κ1) is 21.4. The van der Waals surface area contributed by atoms with E-state index in [1.165, 1.54) is 6.42 Å². The number of piperazine rings is 1. The molecule has 1 saturated carbocycles. The summed E-state index contributed by atoms with van der Waals surface area (Å²) in [5, 5.41) is 6.79. The summed E-state index contributed by atoms with van der Waals surface area (Å²) in [4.78, 5) is 34.4. The van der Waals surface area contributed by atoms with Crippen LogP contribution in [0.3, 0.4) is 0 Å². The maximum atomic E-state index is 13.2. The number of benzene rings is 1. The van der Waals surface area contributed by atoms with Crippen LogP contribution in [0.25, 0.3) is 22.6 Å². The number of amides is 2. The van der Waals surface area contributed by atoms with Gasteiger partial charge in [0.05, 0.1) is 11.5 Å². The van der Waals surface area contributed by atoms with Gasteiger partial charge < -0.3 is 19.2 Å². The van der Waals surface area contributed by atoms with Crippen LogP contribution >= 0.6 is 0 Å². The zero-order chi connectivity index (χ0) is 23.2. The van der Waals surface area contributed by atoms with Crippen LogP contribution in [0.15, 0.2) is 41.1 Å². The van der Waals surface area contributed by atoms with Crippen molar-refractivity contribution in [2.45, 2.75) is 38.0 Å². The van der Waals surface area contributed by atoms with Crippen LogP contribution in [0.4, 0.5) is 0 Å². The molecule has 3 atom stereocenters. The Labute approximate surface area is 198 Å². The van der Waals surface area contributed by atoms with Crippen LogP contribution in [0.1, 0.15) is 36.0 Å². The van der Waals surface area contributed by atoms with Crippen LogP contribution in [0.2, 0.25) is 0 Å². The van der Waals surface area contributed by atoms with Crippen molar-refractivity contribution >= 4 is 22.9 Å². The first-order valence-electron chi connectivity index (χ1n) is 12.2. The lowest BCUT2D eigenvalue weighted by molar-refractivity contribution is -0.134. The molecule has 2 N–H and O–H groups in total. The number of fused-ring (bicyclic) bond motifs is 2. The molecule has 3 aromatic rings. The third-order valence-corrected chi connectivity index (χ3v) is 7.43. The summed E-state index contributed by atoms with van der Waals surface area (Å²) in [6.45, 7) is 2.66. The van der Waals surface area contributed by atoms with Crippen LogP contribution in [0.5, 0.6) is 0 Å². The van der Waals surface area contributed by atoms with Crippen molar-refractivity contribution in [2.75, 3.05) is 26.2 Å². The van der Waals surface area contributed by atoms with Crippen molar-refractivity contribution < 1.29 is 14.0 Å².